The van der Waals surface area contributed by atoms with E-state index in [9.17, 15) is 24.5 Å². The quantitative estimate of drug-likeness (QED) is 0.442. The van der Waals surface area contributed by atoms with Crippen molar-refractivity contribution in [3.8, 4) is 0 Å². The van der Waals surface area contributed by atoms with E-state index in [1.54, 1.807) is 20.8 Å². The summed E-state index contributed by atoms with van der Waals surface area (Å²) in [6.07, 6.45) is -0.409. The van der Waals surface area contributed by atoms with E-state index in [1.807, 2.05) is 0 Å². The van der Waals surface area contributed by atoms with Crippen LogP contribution >= 0.6 is 11.3 Å². The van der Waals surface area contributed by atoms with Gasteiger partial charge in [-0.25, -0.2) is 9.59 Å². The third kappa shape index (κ3) is 4.52. The van der Waals surface area contributed by atoms with Crippen molar-refractivity contribution < 1.29 is 28.8 Å². The molecular weight excluding hydrogens is 388 g/mol. The zero-order chi connectivity index (χ0) is 21.0. The minimum Gasteiger partial charge on any atom is -0.465 e. The third-order valence-corrected chi connectivity index (χ3v) is 4.80. The van der Waals surface area contributed by atoms with Gasteiger partial charge in [-0.2, -0.15) is 0 Å². The molecular formula is C18H18N2O7S. The number of nitro groups is 1. The Morgan fingerprint density at radius 3 is 2.46 bits per heavy atom. The number of thiophene rings is 1. The Kier molecular flexibility index (Phi) is 6.47. The lowest BCUT2D eigenvalue weighted by molar-refractivity contribution is -0.384. The highest BCUT2D eigenvalue weighted by atomic mass is 32.1. The van der Waals surface area contributed by atoms with Crippen molar-refractivity contribution in [1.82, 2.24) is 0 Å². The number of carbonyl (C=O) groups is 3. The Bertz CT molecular complexity index is 949. The summed E-state index contributed by atoms with van der Waals surface area (Å²) < 4.78 is 9.91. The average molecular weight is 406 g/mol. The molecule has 1 N–H and O–H groups in total. The highest BCUT2D eigenvalue weighted by Crippen LogP contribution is 2.35. The Morgan fingerprint density at radius 1 is 1.21 bits per heavy atom. The molecule has 0 saturated carbocycles. The first-order valence-electron chi connectivity index (χ1n) is 8.14. The first kappa shape index (κ1) is 21.0. The SMILES string of the molecule is COC(=O)c1sc(NC(=O)c2cccc([N+](=O)[O-])c2)c(C(=O)OC(C)C)c1C. The van der Waals surface area contributed by atoms with Crippen molar-refractivity contribution in [2.75, 3.05) is 12.4 Å². The first-order chi connectivity index (χ1) is 13.1. The highest BCUT2D eigenvalue weighted by Gasteiger charge is 2.28. The number of ether oxygens (including phenoxy) is 2. The molecule has 0 spiro atoms. The van der Waals surface area contributed by atoms with Gasteiger partial charge in [0.15, 0.2) is 0 Å². The summed E-state index contributed by atoms with van der Waals surface area (Å²) in [5.41, 5.74) is 0.141. The van der Waals surface area contributed by atoms with E-state index in [-0.39, 0.29) is 26.7 Å². The molecule has 0 fully saturated rings. The molecule has 2 aromatic rings. The maximum Gasteiger partial charge on any atom is 0.348 e. The molecule has 148 valence electrons. The Hall–Kier alpha value is -3.27. The van der Waals surface area contributed by atoms with E-state index in [2.05, 4.69) is 5.32 Å². The fourth-order valence-electron chi connectivity index (χ4n) is 2.34. The van der Waals surface area contributed by atoms with Crippen LogP contribution in [0.5, 0.6) is 0 Å². The fraction of sp³-hybridized carbons (Fsp3) is 0.278. The number of rotatable bonds is 6. The van der Waals surface area contributed by atoms with Gasteiger partial charge in [-0.15, -0.1) is 11.3 Å². The lowest BCUT2D eigenvalue weighted by Gasteiger charge is -2.10. The van der Waals surface area contributed by atoms with Gasteiger partial charge in [0.1, 0.15) is 9.88 Å². The van der Waals surface area contributed by atoms with Gasteiger partial charge in [-0.05, 0) is 32.4 Å². The molecule has 0 aliphatic rings. The van der Waals surface area contributed by atoms with Crippen LogP contribution < -0.4 is 5.32 Å². The number of anilines is 1. The normalized spacial score (nSPS) is 10.5. The van der Waals surface area contributed by atoms with Gasteiger partial charge >= 0.3 is 11.9 Å². The van der Waals surface area contributed by atoms with E-state index < -0.39 is 28.9 Å². The van der Waals surface area contributed by atoms with E-state index in [4.69, 9.17) is 9.47 Å². The summed E-state index contributed by atoms with van der Waals surface area (Å²) in [4.78, 5) is 47.4. The van der Waals surface area contributed by atoms with E-state index in [0.717, 1.165) is 17.4 Å². The maximum atomic E-state index is 12.6. The van der Waals surface area contributed by atoms with E-state index in [1.165, 1.54) is 25.3 Å². The van der Waals surface area contributed by atoms with Crippen molar-refractivity contribution in [2.45, 2.75) is 26.9 Å². The molecule has 0 saturated heterocycles. The Balaban J connectivity index is 2.44. The molecule has 1 heterocycles. The summed E-state index contributed by atoms with van der Waals surface area (Å²) in [6, 6.07) is 5.15. The number of carbonyl (C=O) groups excluding carboxylic acids is 3. The summed E-state index contributed by atoms with van der Waals surface area (Å²) in [6.45, 7) is 4.88. The van der Waals surface area contributed by atoms with Gasteiger partial charge in [0.25, 0.3) is 11.6 Å². The molecule has 1 aromatic carbocycles. The lowest BCUT2D eigenvalue weighted by atomic mass is 10.1. The summed E-state index contributed by atoms with van der Waals surface area (Å²) in [5, 5.41) is 13.5. The molecule has 0 radical (unpaired) electrons. The minimum absolute atomic E-state index is 0.0306. The number of methoxy groups -OCH3 is 1. The summed E-state index contributed by atoms with van der Waals surface area (Å²) in [5.74, 6) is -2.02. The predicted octanol–water partition coefficient (Wildman–Crippen LogP) is 3.57. The highest BCUT2D eigenvalue weighted by molar-refractivity contribution is 7.18. The number of non-ortho nitro benzene ring substituents is 1. The van der Waals surface area contributed by atoms with Crippen LogP contribution in [0.25, 0.3) is 0 Å². The summed E-state index contributed by atoms with van der Waals surface area (Å²) >= 11 is 0.867. The van der Waals surface area contributed by atoms with Crippen LogP contribution in [-0.2, 0) is 9.47 Å². The molecule has 0 bridgehead atoms. The standard InChI is InChI=1S/C18H18N2O7S/c1-9(2)27-17(22)13-10(3)14(18(23)26-4)28-16(13)19-15(21)11-6-5-7-12(8-11)20(24)25/h5-9H,1-4H3,(H,19,21). The third-order valence-electron chi connectivity index (χ3n) is 3.61. The van der Waals surface area contributed by atoms with Crippen molar-refractivity contribution in [2.24, 2.45) is 0 Å². The van der Waals surface area contributed by atoms with E-state index >= 15 is 0 Å². The number of amides is 1. The molecule has 0 aliphatic carbocycles. The van der Waals surface area contributed by atoms with Crippen LogP contribution in [0.3, 0.4) is 0 Å². The number of esters is 2. The van der Waals surface area contributed by atoms with Crippen LogP contribution in [0.2, 0.25) is 0 Å². The predicted molar refractivity (Wildman–Crippen MR) is 102 cm³/mol. The van der Waals surface area contributed by atoms with Gasteiger partial charge in [-0.3, -0.25) is 14.9 Å². The van der Waals surface area contributed by atoms with Gasteiger partial charge in [0, 0.05) is 17.7 Å². The number of nitrogens with zero attached hydrogens (tertiary/aromatic N) is 1. The zero-order valence-corrected chi connectivity index (χ0v) is 16.4. The number of nitrogens with one attached hydrogen (secondary N) is 1. The lowest BCUT2D eigenvalue weighted by Crippen LogP contribution is -2.17. The number of hydrogen-bond acceptors (Lipinski definition) is 8. The van der Waals surface area contributed by atoms with Crippen molar-refractivity contribution in [3.05, 3.63) is 55.9 Å². The van der Waals surface area contributed by atoms with Crippen LogP contribution in [0.15, 0.2) is 24.3 Å². The van der Waals surface area contributed by atoms with Gasteiger partial charge in [0.05, 0.1) is 23.7 Å². The summed E-state index contributed by atoms with van der Waals surface area (Å²) in [7, 11) is 1.20. The average Bonchev–Trinajstić information content (AvgIpc) is 2.96. The van der Waals surface area contributed by atoms with Crippen molar-refractivity contribution in [1.29, 1.82) is 0 Å². The zero-order valence-electron chi connectivity index (χ0n) is 15.6. The van der Waals surface area contributed by atoms with Gasteiger partial charge in [0.2, 0.25) is 0 Å². The Morgan fingerprint density at radius 2 is 1.89 bits per heavy atom. The molecule has 0 unspecified atom stereocenters. The number of hydrogen-bond donors (Lipinski definition) is 1. The van der Waals surface area contributed by atoms with Crippen LogP contribution in [0, 0.1) is 17.0 Å². The van der Waals surface area contributed by atoms with Gasteiger partial charge < -0.3 is 14.8 Å². The van der Waals surface area contributed by atoms with Crippen LogP contribution in [-0.4, -0.2) is 36.0 Å². The molecule has 28 heavy (non-hydrogen) atoms. The van der Waals surface area contributed by atoms with Crippen molar-refractivity contribution >= 4 is 39.9 Å². The number of benzene rings is 1. The molecule has 9 nitrogen and oxygen atoms in total. The second-order valence-corrected chi connectivity index (χ2v) is 6.99. The fourth-order valence-corrected chi connectivity index (χ4v) is 3.45. The van der Waals surface area contributed by atoms with Crippen LogP contribution in [0.4, 0.5) is 10.7 Å². The first-order valence-corrected chi connectivity index (χ1v) is 8.95. The molecule has 0 atom stereocenters. The Labute approximate surface area is 164 Å². The van der Waals surface area contributed by atoms with Gasteiger partial charge in [-0.1, -0.05) is 6.07 Å². The molecule has 1 amide bonds. The van der Waals surface area contributed by atoms with Crippen molar-refractivity contribution in [3.63, 3.8) is 0 Å². The smallest absolute Gasteiger partial charge is 0.348 e. The molecule has 1 aromatic heterocycles. The molecule has 10 heteroatoms. The topological polar surface area (TPSA) is 125 Å². The number of nitro benzene ring substituents is 1. The molecule has 0 aliphatic heterocycles. The second-order valence-electron chi connectivity index (χ2n) is 5.97. The largest absolute Gasteiger partial charge is 0.465 e. The molecule has 2 rings (SSSR count). The minimum atomic E-state index is -0.701. The van der Waals surface area contributed by atoms with E-state index in [0.29, 0.717) is 5.56 Å². The maximum absolute atomic E-state index is 12.6. The monoisotopic (exact) mass is 406 g/mol. The van der Waals surface area contributed by atoms with Crippen LogP contribution in [0.1, 0.15) is 49.8 Å². The second kappa shape index (κ2) is 8.61.